The smallest absolute Gasteiger partial charge is 0.269 e. The molecule has 8 heteroatoms. The highest BCUT2D eigenvalue weighted by Gasteiger charge is 2.23. The van der Waals surface area contributed by atoms with Crippen molar-refractivity contribution in [1.29, 1.82) is 5.26 Å². The predicted octanol–water partition coefficient (Wildman–Crippen LogP) is 3.03. The van der Waals surface area contributed by atoms with Crippen LogP contribution in [0.2, 0.25) is 0 Å². The fourth-order valence-electron chi connectivity index (χ4n) is 2.59. The molecule has 1 aliphatic rings. The lowest BCUT2D eigenvalue weighted by atomic mass is 10.1. The van der Waals surface area contributed by atoms with Crippen molar-refractivity contribution < 1.29 is 14.5 Å². The number of hydrogen-bond acceptors (Lipinski definition) is 6. The van der Waals surface area contributed by atoms with E-state index in [4.69, 9.17) is 4.74 Å². The molecule has 0 saturated heterocycles. The van der Waals surface area contributed by atoms with Crippen LogP contribution in [0.15, 0.2) is 24.3 Å². The summed E-state index contributed by atoms with van der Waals surface area (Å²) in [5.74, 6) is -0.00490. The highest BCUT2D eigenvalue weighted by molar-refractivity contribution is 7.16. The number of nitro groups is 1. The Morgan fingerprint density at radius 3 is 2.79 bits per heavy atom. The minimum atomic E-state index is -0.504. The SMILES string of the molecule is N#Cc1c(NC(=O)COc2ccc([N+](=O)[O-])cc2)sc2c1CCC2. The van der Waals surface area contributed by atoms with Gasteiger partial charge in [0, 0.05) is 17.0 Å². The van der Waals surface area contributed by atoms with Gasteiger partial charge in [-0.05, 0) is 37.0 Å². The van der Waals surface area contributed by atoms with Crippen LogP contribution in [0, 0.1) is 21.4 Å². The normalized spacial score (nSPS) is 12.3. The molecule has 2 aromatic rings. The number of carbonyl (C=O) groups excluding carboxylic acids is 1. The number of nitriles is 1. The fraction of sp³-hybridized carbons (Fsp3) is 0.250. The average Bonchev–Trinajstić information content (AvgIpc) is 3.13. The third-order valence-electron chi connectivity index (χ3n) is 3.70. The highest BCUT2D eigenvalue weighted by Crippen LogP contribution is 2.38. The van der Waals surface area contributed by atoms with Crippen LogP contribution in [0.3, 0.4) is 0 Å². The first-order valence-electron chi connectivity index (χ1n) is 7.30. The van der Waals surface area contributed by atoms with E-state index in [0.29, 0.717) is 16.3 Å². The number of nitrogens with zero attached hydrogens (tertiary/aromatic N) is 2. The Labute approximate surface area is 141 Å². The summed E-state index contributed by atoms with van der Waals surface area (Å²) in [6, 6.07) is 7.66. The number of aryl methyl sites for hydroxylation is 1. The van der Waals surface area contributed by atoms with Crippen molar-refractivity contribution >= 4 is 27.9 Å². The quantitative estimate of drug-likeness (QED) is 0.663. The summed E-state index contributed by atoms with van der Waals surface area (Å²) < 4.78 is 5.31. The molecule has 0 radical (unpaired) electrons. The molecule has 1 N–H and O–H groups in total. The molecule has 0 spiro atoms. The molecule has 0 atom stereocenters. The van der Waals surface area contributed by atoms with E-state index in [1.807, 2.05) is 0 Å². The summed E-state index contributed by atoms with van der Waals surface area (Å²) in [6.07, 6.45) is 2.88. The minimum Gasteiger partial charge on any atom is -0.484 e. The lowest BCUT2D eigenvalue weighted by Gasteiger charge is -2.06. The van der Waals surface area contributed by atoms with Gasteiger partial charge in [-0.1, -0.05) is 0 Å². The van der Waals surface area contributed by atoms with E-state index in [1.165, 1.54) is 35.6 Å². The first-order chi connectivity index (χ1) is 11.6. The number of anilines is 1. The van der Waals surface area contributed by atoms with E-state index in [2.05, 4.69) is 11.4 Å². The van der Waals surface area contributed by atoms with Gasteiger partial charge in [-0.15, -0.1) is 11.3 Å². The lowest BCUT2D eigenvalue weighted by molar-refractivity contribution is -0.384. The van der Waals surface area contributed by atoms with Crippen LogP contribution >= 0.6 is 11.3 Å². The van der Waals surface area contributed by atoms with Gasteiger partial charge in [-0.3, -0.25) is 14.9 Å². The van der Waals surface area contributed by atoms with Crippen molar-refractivity contribution in [1.82, 2.24) is 0 Å². The van der Waals surface area contributed by atoms with E-state index >= 15 is 0 Å². The van der Waals surface area contributed by atoms with Crippen LogP contribution in [-0.4, -0.2) is 17.4 Å². The van der Waals surface area contributed by atoms with Crippen LogP contribution < -0.4 is 10.1 Å². The number of rotatable bonds is 5. The maximum absolute atomic E-state index is 12.0. The Balaban J connectivity index is 1.60. The number of nitro benzene ring substituents is 1. The highest BCUT2D eigenvalue weighted by atomic mass is 32.1. The largest absolute Gasteiger partial charge is 0.484 e. The standard InChI is InChI=1S/C16H13N3O4S/c17-8-13-12-2-1-3-14(12)24-16(13)18-15(20)9-23-11-6-4-10(5-7-11)19(21)22/h4-7H,1-3,9H2,(H,18,20). The molecule has 1 aliphatic carbocycles. The lowest BCUT2D eigenvalue weighted by Crippen LogP contribution is -2.20. The van der Waals surface area contributed by atoms with Crippen molar-refractivity contribution in [3.63, 3.8) is 0 Å². The monoisotopic (exact) mass is 343 g/mol. The van der Waals surface area contributed by atoms with Crippen molar-refractivity contribution in [2.75, 3.05) is 11.9 Å². The van der Waals surface area contributed by atoms with Gasteiger partial charge < -0.3 is 10.1 Å². The van der Waals surface area contributed by atoms with E-state index in [1.54, 1.807) is 0 Å². The second-order valence-electron chi connectivity index (χ2n) is 5.26. The van der Waals surface area contributed by atoms with E-state index in [-0.39, 0.29) is 18.2 Å². The third-order valence-corrected chi connectivity index (χ3v) is 4.91. The molecule has 1 aromatic carbocycles. The number of carbonyl (C=O) groups is 1. The maximum atomic E-state index is 12.0. The molecule has 0 aliphatic heterocycles. The first kappa shape index (κ1) is 16.0. The van der Waals surface area contributed by atoms with Gasteiger partial charge in [0.15, 0.2) is 6.61 Å². The zero-order valence-electron chi connectivity index (χ0n) is 12.6. The number of ether oxygens (including phenoxy) is 1. The summed E-state index contributed by atoms with van der Waals surface area (Å²) in [5, 5.41) is 23.1. The number of non-ortho nitro benzene ring substituents is 1. The van der Waals surface area contributed by atoms with Gasteiger partial charge in [-0.25, -0.2) is 0 Å². The van der Waals surface area contributed by atoms with Crippen LogP contribution in [0.1, 0.15) is 22.4 Å². The minimum absolute atomic E-state index is 0.0430. The Kier molecular flexibility index (Phi) is 4.44. The second-order valence-corrected chi connectivity index (χ2v) is 6.37. The van der Waals surface area contributed by atoms with Crippen molar-refractivity contribution in [2.24, 2.45) is 0 Å². The van der Waals surface area contributed by atoms with E-state index in [9.17, 15) is 20.2 Å². The number of fused-ring (bicyclic) bond motifs is 1. The Morgan fingerprint density at radius 2 is 2.12 bits per heavy atom. The van der Waals surface area contributed by atoms with E-state index in [0.717, 1.165) is 29.7 Å². The van der Waals surface area contributed by atoms with Crippen LogP contribution in [0.25, 0.3) is 0 Å². The predicted molar refractivity (Wildman–Crippen MR) is 88.3 cm³/mol. The zero-order valence-corrected chi connectivity index (χ0v) is 13.4. The molecular formula is C16H13N3O4S. The van der Waals surface area contributed by atoms with Gasteiger partial charge in [-0.2, -0.15) is 5.26 Å². The third kappa shape index (κ3) is 3.21. The zero-order chi connectivity index (χ0) is 17.1. The average molecular weight is 343 g/mol. The molecule has 0 fully saturated rings. The molecular weight excluding hydrogens is 330 g/mol. The van der Waals surface area contributed by atoms with Gasteiger partial charge in [0.05, 0.1) is 10.5 Å². The molecule has 122 valence electrons. The Morgan fingerprint density at radius 1 is 1.38 bits per heavy atom. The van der Waals surface area contributed by atoms with Crippen molar-refractivity contribution in [3.8, 4) is 11.8 Å². The van der Waals surface area contributed by atoms with E-state index < -0.39 is 4.92 Å². The summed E-state index contributed by atoms with van der Waals surface area (Å²) in [6.45, 7) is -0.231. The first-order valence-corrected chi connectivity index (χ1v) is 8.12. The maximum Gasteiger partial charge on any atom is 0.269 e. The topological polar surface area (TPSA) is 105 Å². The van der Waals surface area contributed by atoms with Gasteiger partial charge in [0.2, 0.25) is 0 Å². The molecule has 1 amide bonds. The van der Waals surface area contributed by atoms with Gasteiger partial charge >= 0.3 is 0 Å². The van der Waals surface area contributed by atoms with Gasteiger partial charge in [0.25, 0.3) is 11.6 Å². The summed E-state index contributed by atoms with van der Waals surface area (Å²) >= 11 is 1.44. The molecule has 1 aromatic heterocycles. The van der Waals surface area contributed by atoms with Crippen LogP contribution in [0.5, 0.6) is 5.75 Å². The van der Waals surface area contributed by atoms with Crippen molar-refractivity contribution in [3.05, 3.63) is 50.4 Å². The summed E-state index contributed by atoms with van der Waals surface area (Å²) in [4.78, 5) is 23.2. The molecule has 1 heterocycles. The number of nitrogens with one attached hydrogen (secondary N) is 1. The molecule has 7 nitrogen and oxygen atoms in total. The number of benzene rings is 1. The van der Waals surface area contributed by atoms with Gasteiger partial charge in [0.1, 0.15) is 16.8 Å². The molecule has 0 saturated carbocycles. The summed E-state index contributed by atoms with van der Waals surface area (Å²) in [7, 11) is 0. The number of amides is 1. The number of thiophene rings is 1. The molecule has 0 bridgehead atoms. The molecule has 0 unspecified atom stereocenters. The van der Waals surface area contributed by atoms with Crippen LogP contribution in [-0.2, 0) is 17.6 Å². The molecule has 24 heavy (non-hydrogen) atoms. The molecule has 3 rings (SSSR count). The second kappa shape index (κ2) is 6.68. The van der Waals surface area contributed by atoms with Crippen LogP contribution in [0.4, 0.5) is 10.7 Å². The number of hydrogen-bond donors (Lipinski definition) is 1. The Bertz CT molecular complexity index is 836. The van der Waals surface area contributed by atoms with Crippen molar-refractivity contribution in [2.45, 2.75) is 19.3 Å². The summed E-state index contributed by atoms with van der Waals surface area (Å²) in [5.41, 5.74) is 1.56. The Hall–Kier alpha value is -2.92. The fourth-order valence-corrected chi connectivity index (χ4v) is 3.84.